The molecular formula is C26H25F2N3O6. The first-order chi connectivity index (χ1) is 18.0. The van der Waals surface area contributed by atoms with Gasteiger partial charge in [-0.25, -0.2) is 13.6 Å². The zero-order valence-electron chi connectivity index (χ0n) is 20.0. The Hall–Kier alpha value is -3.96. The molecule has 5 rings (SSSR count). The SMILES string of the molecule is COC(=O)OCOc1c2n(ccc1=O)N([C@@H](c1ccccc1)c1ccc(F)c(F)c1)[C@@H]1COCCN1C2. The molecule has 0 bridgehead atoms. The minimum atomic E-state index is -0.962. The van der Waals surface area contributed by atoms with Crippen LogP contribution in [0.3, 0.4) is 0 Å². The van der Waals surface area contributed by atoms with Gasteiger partial charge in [0.15, 0.2) is 17.4 Å². The van der Waals surface area contributed by atoms with Crippen molar-refractivity contribution in [1.29, 1.82) is 0 Å². The molecule has 2 atom stereocenters. The molecule has 1 aromatic heterocycles. The molecule has 2 aromatic carbocycles. The van der Waals surface area contributed by atoms with Crippen LogP contribution in [0.1, 0.15) is 22.9 Å². The smallest absolute Gasteiger partial charge is 0.451 e. The summed E-state index contributed by atoms with van der Waals surface area (Å²) in [5.41, 5.74) is 1.46. The number of nitrogens with zero attached hydrogens (tertiary/aromatic N) is 3. The quantitative estimate of drug-likeness (QED) is 0.367. The third kappa shape index (κ3) is 4.87. The first kappa shape index (κ1) is 24.7. The van der Waals surface area contributed by atoms with Crippen molar-refractivity contribution >= 4 is 6.16 Å². The summed E-state index contributed by atoms with van der Waals surface area (Å²) in [6, 6.07) is 14.0. The number of carbonyl (C=O) groups excluding carboxylic acids is 1. The number of ether oxygens (including phenoxy) is 4. The molecule has 3 aromatic rings. The number of rotatable bonds is 6. The zero-order valence-corrected chi connectivity index (χ0v) is 20.0. The van der Waals surface area contributed by atoms with Gasteiger partial charge in [0.25, 0.3) is 0 Å². The van der Waals surface area contributed by atoms with Gasteiger partial charge in [0, 0.05) is 25.4 Å². The van der Waals surface area contributed by atoms with E-state index >= 15 is 0 Å². The van der Waals surface area contributed by atoms with Crippen molar-refractivity contribution in [3.8, 4) is 5.75 Å². The van der Waals surface area contributed by atoms with Crippen molar-refractivity contribution in [2.45, 2.75) is 18.8 Å². The molecule has 2 aliphatic rings. The number of aromatic nitrogens is 1. The Kier molecular flexibility index (Phi) is 7.06. The summed E-state index contributed by atoms with van der Waals surface area (Å²) < 4.78 is 50.8. The van der Waals surface area contributed by atoms with Gasteiger partial charge in [0.1, 0.15) is 6.17 Å². The van der Waals surface area contributed by atoms with Gasteiger partial charge in [0.2, 0.25) is 12.2 Å². The molecule has 0 N–H and O–H groups in total. The van der Waals surface area contributed by atoms with Crippen LogP contribution in [0, 0.1) is 11.6 Å². The summed E-state index contributed by atoms with van der Waals surface area (Å²) in [5, 5.41) is 1.97. The number of benzene rings is 2. The van der Waals surface area contributed by atoms with E-state index in [2.05, 4.69) is 9.64 Å². The summed E-state index contributed by atoms with van der Waals surface area (Å²) in [5.74, 6) is -1.89. The third-order valence-electron chi connectivity index (χ3n) is 6.43. The van der Waals surface area contributed by atoms with Gasteiger partial charge in [-0.15, -0.1) is 0 Å². The molecule has 0 radical (unpaired) electrons. The van der Waals surface area contributed by atoms with Crippen LogP contribution in [0.15, 0.2) is 65.6 Å². The van der Waals surface area contributed by atoms with E-state index in [4.69, 9.17) is 14.2 Å². The highest BCUT2D eigenvalue weighted by molar-refractivity contribution is 5.59. The number of methoxy groups -OCH3 is 1. The fraction of sp³-hybridized carbons (Fsp3) is 0.308. The predicted octanol–water partition coefficient (Wildman–Crippen LogP) is 3.15. The molecule has 9 nitrogen and oxygen atoms in total. The molecule has 0 amide bonds. The summed E-state index contributed by atoms with van der Waals surface area (Å²) in [4.78, 5) is 26.3. The van der Waals surface area contributed by atoms with E-state index in [9.17, 15) is 18.4 Å². The standard InChI is InChI=1S/C26H25F2N3O6/c1-34-26(33)37-16-36-25-21-14-29-11-12-35-15-23(29)31(30(21)10-9-22(25)32)24(17-5-3-2-4-6-17)18-7-8-19(27)20(28)13-18/h2-10,13,23-24H,11-12,14-16H2,1H3/t23-,24+/m1/s1. The van der Waals surface area contributed by atoms with Crippen molar-refractivity contribution in [3.05, 3.63) is 99.5 Å². The highest BCUT2D eigenvalue weighted by atomic mass is 19.2. The molecule has 0 saturated carbocycles. The Labute approximate surface area is 211 Å². The van der Waals surface area contributed by atoms with Crippen LogP contribution in [-0.4, -0.2) is 55.6 Å². The number of hydrogen-bond donors (Lipinski definition) is 0. The normalized spacial score (nSPS) is 17.9. The van der Waals surface area contributed by atoms with E-state index in [1.54, 1.807) is 16.9 Å². The molecule has 37 heavy (non-hydrogen) atoms. The van der Waals surface area contributed by atoms with Crippen LogP contribution in [-0.2, 0) is 20.8 Å². The van der Waals surface area contributed by atoms with Gasteiger partial charge in [-0.1, -0.05) is 36.4 Å². The number of pyridine rings is 1. The van der Waals surface area contributed by atoms with Gasteiger partial charge < -0.3 is 18.9 Å². The Morgan fingerprint density at radius 2 is 1.92 bits per heavy atom. The van der Waals surface area contributed by atoms with Crippen LogP contribution in [0.2, 0.25) is 0 Å². The second kappa shape index (κ2) is 10.6. The average Bonchev–Trinajstić information content (AvgIpc) is 2.92. The van der Waals surface area contributed by atoms with Crippen LogP contribution in [0.25, 0.3) is 0 Å². The average molecular weight is 513 g/mol. The van der Waals surface area contributed by atoms with Crippen molar-refractivity contribution < 1.29 is 32.5 Å². The number of fused-ring (bicyclic) bond motifs is 2. The Morgan fingerprint density at radius 3 is 2.68 bits per heavy atom. The van der Waals surface area contributed by atoms with Gasteiger partial charge in [-0.3, -0.25) is 19.4 Å². The van der Waals surface area contributed by atoms with Crippen molar-refractivity contribution in [3.63, 3.8) is 0 Å². The minimum absolute atomic E-state index is 0.0124. The first-order valence-corrected chi connectivity index (χ1v) is 11.7. The molecule has 1 saturated heterocycles. The van der Waals surface area contributed by atoms with Gasteiger partial charge in [-0.2, -0.15) is 0 Å². The summed E-state index contributed by atoms with van der Waals surface area (Å²) in [7, 11) is 1.17. The maximum absolute atomic E-state index is 14.5. The van der Waals surface area contributed by atoms with E-state index in [1.807, 2.05) is 35.3 Å². The molecule has 0 unspecified atom stereocenters. The summed E-state index contributed by atoms with van der Waals surface area (Å²) >= 11 is 0. The van der Waals surface area contributed by atoms with Gasteiger partial charge >= 0.3 is 6.16 Å². The van der Waals surface area contributed by atoms with Gasteiger partial charge in [-0.05, 0) is 23.3 Å². The molecular weight excluding hydrogens is 488 g/mol. The topological polar surface area (TPSA) is 82.5 Å². The zero-order chi connectivity index (χ0) is 25.9. The number of morpholine rings is 1. The van der Waals surface area contributed by atoms with E-state index in [0.29, 0.717) is 37.6 Å². The molecule has 194 valence electrons. The fourth-order valence-corrected chi connectivity index (χ4v) is 4.76. The number of hydrogen-bond acceptors (Lipinski definition) is 8. The molecule has 2 aliphatic heterocycles. The third-order valence-corrected chi connectivity index (χ3v) is 6.43. The Morgan fingerprint density at radius 1 is 1.11 bits per heavy atom. The largest absolute Gasteiger partial charge is 0.510 e. The lowest BCUT2D eigenvalue weighted by Gasteiger charge is -2.51. The van der Waals surface area contributed by atoms with E-state index < -0.39 is 36.1 Å². The first-order valence-electron chi connectivity index (χ1n) is 11.7. The lowest BCUT2D eigenvalue weighted by molar-refractivity contribution is -0.0374. The molecule has 1 fully saturated rings. The summed E-state index contributed by atoms with van der Waals surface area (Å²) in [6.45, 7) is 1.25. The number of carbonyl (C=O) groups is 1. The maximum atomic E-state index is 14.5. The van der Waals surface area contributed by atoms with E-state index in [0.717, 1.165) is 11.6 Å². The van der Waals surface area contributed by atoms with Crippen LogP contribution < -0.4 is 15.2 Å². The lowest BCUT2D eigenvalue weighted by Crippen LogP contribution is -2.63. The van der Waals surface area contributed by atoms with E-state index in [-0.39, 0.29) is 11.9 Å². The summed E-state index contributed by atoms with van der Waals surface area (Å²) in [6.07, 6.45) is 0.386. The van der Waals surface area contributed by atoms with Gasteiger partial charge in [0.05, 0.1) is 32.1 Å². The molecule has 3 heterocycles. The second-order valence-electron chi connectivity index (χ2n) is 8.55. The van der Waals surface area contributed by atoms with Crippen molar-refractivity contribution in [1.82, 2.24) is 9.58 Å². The Bertz CT molecular complexity index is 1340. The van der Waals surface area contributed by atoms with Crippen LogP contribution in [0.4, 0.5) is 13.6 Å². The monoisotopic (exact) mass is 513 g/mol. The van der Waals surface area contributed by atoms with Crippen molar-refractivity contribution in [2.24, 2.45) is 0 Å². The molecule has 0 aliphatic carbocycles. The molecule has 11 heteroatoms. The maximum Gasteiger partial charge on any atom is 0.510 e. The minimum Gasteiger partial charge on any atom is -0.451 e. The highest BCUT2D eigenvalue weighted by Crippen LogP contribution is 2.36. The number of halogens is 2. The fourth-order valence-electron chi connectivity index (χ4n) is 4.76. The van der Waals surface area contributed by atoms with Crippen molar-refractivity contribution in [2.75, 3.05) is 38.7 Å². The molecule has 0 spiro atoms. The van der Waals surface area contributed by atoms with Crippen LogP contribution >= 0.6 is 0 Å². The predicted molar refractivity (Wildman–Crippen MR) is 128 cm³/mol. The lowest BCUT2D eigenvalue weighted by atomic mass is 9.96. The Balaban J connectivity index is 1.65. The second-order valence-corrected chi connectivity index (χ2v) is 8.55. The van der Waals surface area contributed by atoms with E-state index in [1.165, 1.54) is 19.2 Å². The van der Waals surface area contributed by atoms with Crippen LogP contribution in [0.5, 0.6) is 5.75 Å². The highest BCUT2D eigenvalue weighted by Gasteiger charge is 2.41.